The van der Waals surface area contributed by atoms with Crippen LogP contribution in [0.15, 0.2) is 12.2 Å². The maximum atomic E-state index is 10.2. The molecule has 0 aliphatic carbocycles. The molecule has 0 saturated heterocycles. The minimum absolute atomic E-state index is 0.315. The fourth-order valence-electron chi connectivity index (χ4n) is 8.15. The number of allylic oxidation sites excluding steroid dienone is 1. The van der Waals surface area contributed by atoms with Crippen molar-refractivity contribution in [2.24, 2.45) is 0 Å². The maximum Gasteiger partial charge on any atom is 0.107 e. The van der Waals surface area contributed by atoms with Gasteiger partial charge in [0.15, 0.2) is 0 Å². The summed E-state index contributed by atoms with van der Waals surface area (Å²) >= 11 is 0. The predicted molar refractivity (Wildman–Crippen MR) is 228 cm³/mol. The first-order chi connectivity index (χ1) is 24.6. The number of hydrogen-bond acceptors (Lipinski definition) is 1. The molecule has 2 unspecified atom stereocenters. The van der Waals surface area contributed by atoms with Crippen LogP contribution in [0.3, 0.4) is 0 Å². The van der Waals surface area contributed by atoms with E-state index in [4.69, 9.17) is 0 Å². The summed E-state index contributed by atoms with van der Waals surface area (Å²) in [7, 11) is 2.46. The fraction of sp³-hybridized carbons (Fsp3) is 0.958. The summed E-state index contributed by atoms with van der Waals surface area (Å²) in [5.74, 6) is 0. The van der Waals surface area contributed by atoms with Crippen molar-refractivity contribution in [1.82, 2.24) is 0 Å². The Morgan fingerprint density at radius 1 is 0.380 bits per heavy atom. The molecule has 0 aromatic carbocycles. The summed E-state index contributed by atoms with van der Waals surface area (Å²) in [4.78, 5) is 0. The second-order valence-electron chi connectivity index (χ2n) is 16.9. The lowest BCUT2D eigenvalue weighted by molar-refractivity contribution is -0.928. The van der Waals surface area contributed by atoms with Crippen LogP contribution < -0.4 is 0 Å². The van der Waals surface area contributed by atoms with Crippen LogP contribution in [-0.2, 0) is 0 Å². The monoisotopic (exact) mass is 705 g/mol. The van der Waals surface area contributed by atoms with E-state index in [1.165, 1.54) is 251 Å². The largest absolute Gasteiger partial charge is 0.391 e. The Labute approximate surface area is 318 Å². The standard InChI is InChI=1S/C48H98NO/c1-5-8-11-14-17-20-22-24-26-27-29-31-33-36-39-42-45-49(4,46-47-50)48(43-40-37-34-19-16-13-10-7-3)44-41-38-35-32-30-28-25-23-21-18-15-12-9-6-2/h40,43,48,50H,5-39,41-42,44-47H2,1-4H3/q+1. The summed E-state index contributed by atoms with van der Waals surface area (Å²) in [5, 5.41) is 10.2. The SMILES string of the molecule is CCCCCCCCC=CC(CCCCCCCCCCCCCCCC)[N+](C)(CCO)CCCCCCCCCCCCCCCCCC. The summed E-state index contributed by atoms with van der Waals surface area (Å²) in [6.45, 7) is 9.37. The number of likely N-dealkylation sites (N-methyl/N-ethyl adjacent to an activating group) is 1. The zero-order valence-electron chi connectivity index (χ0n) is 35.6. The number of nitrogens with zero attached hydrogens (tertiary/aromatic N) is 1. The van der Waals surface area contributed by atoms with Crippen LogP contribution in [0.25, 0.3) is 0 Å². The minimum atomic E-state index is 0.315. The van der Waals surface area contributed by atoms with E-state index in [0.29, 0.717) is 12.6 Å². The van der Waals surface area contributed by atoms with E-state index in [1.54, 1.807) is 0 Å². The Balaban J connectivity index is 4.39. The van der Waals surface area contributed by atoms with Gasteiger partial charge in [-0.1, -0.05) is 232 Å². The third kappa shape index (κ3) is 34.7. The topological polar surface area (TPSA) is 20.2 Å². The van der Waals surface area contributed by atoms with Gasteiger partial charge < -0.3 is 9.59 Å². The van der Waals surface area contributed by atoms with E-state index in [2.05, 4.69) is 40.0 Å². The van der Waals surface area contributed by atoms with Crippen molar-refractivity contribution < 1.29 is 9.59 Å². The second-order valence-corrected chi connectivity index (χ2v) is 16.9. The lowest BCUT2D eigenvalue weighted by atomic mass is 10.00. The van der Waals surface area contributed by atoms with E-state index in [9.17, 15) is 5.11 Å². The van der Waals surface area contributed by atoms with Crippen LogP contribution >= 0.6 is 0 Å². The summed E-state index contributed by atoms with van der Waals surface area (Å²) < 4.78 is 1.04. The average molecular weight is 705 g/mol. The number of hydrogen-bond donors (Lipinski definition) is 1. The Kier molecular flexibility index (Phi) is 41.1. The third-order valence-corrected chi connectivity index (χ3v) is 11.9. The zero-order chi connectivity index (χ0) is 36.5. The van der Waals surface area contributed by atoms with E-state index in [-0.39, 0.29) is 0 Å². The molecule has 0 aromatic rings. The van der Waals surface area contributed by atoms with Gasteiger partial charge in [-0.15, -0.1) is 0 Å². The number of aliphatic hydroxyl groups excluding tert-OH is 1. The first-order valence-corrected chi connectivity index (χ1v) is 23.8. The molecule has 0 saturated carbocycles. The van der Waals surface area contributed by atoms with Gasteiger partial charge in [0.25, 0.3) is 0 Å². The Bertz CT molecular complexity index is 646. The molecule has 1 N–H and O–H groups in total. The molecular formula is C48H98NO+. The highest BCUT2D eigenvalue weighted by Gasteiger charge is 2.29. The third-order valence-electron chi connectivity index (χ3n) is 11.9. The van der Waals surface area contributed by atoms with Gasteiger partial charge in [0.2, 0.25) is 0 Å². The van der Waals surface area contributed by atoms with Crippen molar-refractivity contribution in [1.29, 1.82) is 0 Å². The molecular weight excluding hydrogens is 607 g/mol. The van der Waals surface area contributed by atoms with Crippen molar-refractivity contribution in [2.45, 2.75) is 271 Å². The number of rotatable bonds is 43. The highest BCUT2D eigenvalue weighted by Crippen LogP contribution is 2.23. The Hall–Kier alpha value is -0.340. The molecule has 2 atom stereocenters. The molecule has 0 aliphatic heterocycles. The minimum Gasteiger partial charge on any atom is -0.391 e. The molecule has 0 spiro atoms. The highest BCUT2D eigenvalue weighted by molar-refractivity contribution is 4.90. The first-order valence-electron chi connectivity index (χ1n) is 23.8. The van der Waals surface area contributed by atoms with E-state index in [1.807, 2.05) is 0 Å². The van der Waals surface area contributed by atoms with Gasteiger partial charge >= 0.3 is 0 Å². The molecule has 0 heterocycles. The molecule has 2 nitrogen and oxygen atoms in total. The molecule has 50 heavy (non-hydrogen) atoms. The summed E-state index contributed by atoms with van der Waals surface area (Å²) in [5.41, 5.74) is 0. The molecule has 0 fully saturated rings. The van der Waals surface area contributed by atoms with Crippen LogP contribution in [0.2, 0.25) is 0 Å². The second kappa shape index (κ2) is 41.4. The van der Waals surface area contributed by atoms with Gasteiger partial charge in [-0.2, -0.15) is 0 Å². The van der Waals surface area contributed by atoms with Gasteiger partial charge in [0.1, 0.15) is 12.6 Å². The first kappa shape index (κ1) is 49.7. The Morgan fingerprint density at radius 3 is 1.02 bits per heavy atom. The van der Waals surface area contributed by atoms with Gasteiger partial charge in [-0.25, -0.2) is 0 Å². The van der Waals surface area contributed by atoms with Crippen molar-refractivity contribution in [2.75, 3.05) is 26.7 Å². The lowest BCUT2D eigenvalue weighted by Crippen LogP contribution is -2.53. The van der Waals surface area contributed by atoms with Crippen molar-refractivity contribution in [3.8, 4) is 0 Å². The number of quaternary nitrogens is 1. The van der Waals surface area contributed by atoms with E-state index < -0.39 is 0 Å². The summed E-state index contributed by atoms with van der Waals surface area (Å²) in [6, 6.07) is 0.566. The highest BCUT2D eigenvalue weighted by atomic mass is 16.3. The van der Waals surface area contributed by atoms with E-state index >= 15 is 0 Å². The van der Waals surface area contributed by atoms with Gasteiger partial charge in [0, 0.05) is 6.42 Å². The van der Waals surface area contributed by atoms with Crippen LogP contribution in [0.1, 0.15) is 265 Å². The normalized spacial score (nSPS) is 13.8. The lowest BCUT2D eigenvalue weighted by Gasteiger charge is -2.40. The Morgan fingerprint density at radius 2 is 0.680 bits per heavy atom. The predicted octanol–water partition coefficient (Wildman–Crippen LogP) is 16.2. The smallest absolute Gasteiger partial charge is 0.107 e. The van der Waals surface area contributed by atoms with Gasteiger partial charge in [-0.3, -0.25) is 0 Å². The number of unbranched alkanes of at least 4 members (excludes halogenated alkanes) is 34. The molecule has 0 amide bonds. The maximum absolute atomic E-state index is 10.2. The molecule has 0 bridgehead atoms. The van der Waals surface area contributed by atoms with Crippen molar-refractivity contribution in [3.63, 3.8) is 0 Å². The molecule has 2 heteroatoms. The van der Waals surface area contributed by atoms with Crippen molar-refractivity contribution in [3.05, 3.63) is 12.2 Å². The van der Waals surface area contributed by atoms with Crippen LogP contribution in [0, 0.1) is 0 Å². The van der Waals surface area contributed by atoms with E-state index in [0.717, 1.165) is 11.0 Å². The summed E-state index contributed by atoms with van der Waals surface area (Å²) in [6.07, 6.45) is 58.7. The molecule has 0 aromatic heterocycles. The molecule has 0 rings (SSSR count). The quantitative estimate of drug-likeness (QED) is 0.0380. The fourth-order valence-corrected chi connectivity index (χ4v) is 8.15. The van der Waals surface area contributed by atoms with Gasteiger partial charge in [0.05, 0.1) is 20.2 Å². The van der Waals surface area contributed by atoms with Crippen LogP contribution in [-0.4, -0.2) is 42.4 Å². The van der Waals surface area contributed by atoms with Gasteiger partial charge in [-0.05, 0) is 38.2 Å². The van der Waals surface area contributed by atoms with Crippen LogP contribution in [0.5, 0.6) is 0 Å². The van der Waals surface area contributed by atoms with Crippen LogP contribution in [0.4, 0.5) is 0 Å². The van der Waals surface area contributed by atoms with Crippen molar-refractivity contribution >= 4 is 0 Å². The molecule has 0 aliphatic rings. The molecule has 0 radical (unpaired) electrons. The number of aliphatic hydroxyl groups is 1. The average Bonchev–Trinajstić information content (AvgIpc) is 3.11. The zero-order valence-corrected chi connectivity index (χ0v) is 35.6. The molecule has 300 valence electrons.